The second kappa shape index (κ2) is 9.55. The van der Waals surface area contributed by atoms with Crippen LogP contribution in [0.15, 0.2) is 65.1 Å². The van der Waals surface area contributed by atoms with Crippen molar-refractivity contribution in [2.24, 2.45) is 0 Å². The largest absolute Gasteiger partial charge is 0.493 e. The molecule has 172 valence electrons. The number of ether oxygens (including phenoxy) is 2. The molecule has 1 amide bonds. The number of hydrogen-bond acceptors (Lipinski definition) is 8. The molecule has 1 heterocycles. The number of carbonyl (C=O) groups excluding carboxylic acids is 1. The molecule has 0 aliphatic heterocycles. The van der Waals surface area contributed by atoms with E-state index in [0.29, 0.717) is 39.7 Å². The van der Waals surface area contributed by atoms with Crippen molar-refractivity contribution in [2.45, 2.75) is 0 Å². The number of aromatic nitrogens is 1. The standard InChI is InChI=1S/C23H18N4O6S/c1-31-19-9-5-14(11-20(19)32-2)22-25-17-12-15(6-10-18(17)33-22)24-23(34)26-21(28)13-3-7-16(8-4-13)27(29)30/h3-12H,1-2H3,(H2,24,26,28,34). The van der Waals surface area contributed by atoms with Crippen molar-refractivity contribution in [3.63, 3.8) is 0 Å². The third kappa shape index (κ3) is 4.79. The van der Waals surface area contributed by atoms with E-state index in [0.717, 1.165) is 0 Å². The summed E-state index contributed by atoms with van der Waals surface area (Å²) in [6, 6.07) is 15.8. The molecule has 0 aliphatic rings. The van der Waals surface area contributed by atoms with Crippen LogP contribution in [0.25, 0.3) is 22.6 Å². The maximum absolute atomic E-state index is 12.3. The predicted molar refractivity (Wildman–Crippen MR) is 129 cm³/mol. The van der Waals surface area contributed by atoms with Gasteiger partial charge in [-0.05, 0) is 60.7 Å². The van der Waals surface area contributed by atoms with E-state index in [1.54, 1.807) is 44.6 Å². The Hall–Kier alpha value is -4.51. The van der Waals surface area contributed by atoms with E-state index in [4.69, 9.17) is 26.1 Å². The highest BCUT2D eigenvalue weighted by Gasteiger charge is 2.14. The first kappa shape index (κ1) is 22.7. The summed E-state index contributed by atoms with van der Waals surface area (Å²) in [5.74, 6) is 1.06. The van der Waals surface area contributed by atoms with E-state index < -0.39 is 10.8 Å². The van der Waals surface area contributed by atoms with Crippen molar-refractivity contribution in [1.29, 1.82) is 0 Å². The van der Waals surface area contributed by atoms with Crippen LogP contribution in [0.3, 0.4) is 0 Å². The topological polar surface area (TPSA) is 129 Å². The van der Waals surface area contributed by atoms with Gasteiger partial charge in [0.1, 0.15) is 5.52 Å². The van der Waals surface area contributed by atoms with Crippen LogP contribution in [0, 0.1) is 10.1 Å². The molecule has 2 N–H and O–H groups in total. The van der Waals surface area contributed by atoms with E-state index in [1.807, 2.05) is 6.07 Å². The van der Waals surface area contributed by atoms with Crippen LogP contribution < -0.4 is 20.1 Å². The molecule has 0 saturated carbocycles. The van der Waals surface area contributed by atoms with E-state index in [-0.39, 0.29) is 16.4 Å². The number of anilines is 1. The van der Waals surface area contributed by atoms with Crippen LogP contribution in [0.1, 0.15) is 10.4 Å². The van der Waals surface area contributed by atoms with Gasteiger partial charge < -0.3 is 19.2 Å². The molecule has 0 atom stereocenters. The van der Waals surface area contributed by atoms with Crippen LogP contribution >= 0.6 is 12.2 Å². The molecule has 0 bridgehead atoms. The fourth-order valence-corrected chi connectivity index (χ4v) is 3.38. The molecule has 0 spiro atoms. The van der Waals surface area contributed by atoms with Gasteiger partial charge in [0.2, 0.25) is 5.89 Å². The molecule has 4 aromatic rings. The van der Waals surface area contributed by atoms with E-state index in [2.05, 4.69) is 15.6 Å². The van der Waals surface area contributed by atoms with Crippen molar-refractivity contribution in [1.82, 2.24) is 10.3 Å². The molecule has 0 fully saturated rings. The summed E-state index contributed by atoms with van der Waals surface area (Å²) >= 11 is 5.21. The van der Waals surface area contributed by atoms with Crippen LogP contribution in [0.5, 0.6) is 11.5 Å². The number of hydrogen-bond donors (Lipinski definition) is 2. The number of benzene rings is 3. The molecule has 0 saturated heterocycles. The Balaban J connectivity index is 1.47. The number of non-ortho nitro benzene ring substituents is 1. The van der Waals surface area contributed by atoms with E-state index in [1.165, 1.54) is 24.3 Å². The maximum Gasteiger partial charge on any atom is 0.269 e. The monoisotopic (exact) mass is 478 g/mol. The van der Waals surface area contributed by atoms with Crippen molar-refractivity contribution in [3.8, 4) is 23.0 Å². The fraction of sp³-hybridized carbons (Fsp3) is 0.0870. The maximum atomic E-state index is 12.3. The number of nitrogens with one attached hydrogen (secondary N) is 2. The number of amides is 1. The number of carbonyl (C=O) groups is 1. The van der Waals surface area contributed by atoms with Crippen molar-refractivity contribution >= 4 is 45.7 Å². The van der Waals surface area contributed by atoms with Crippen molar-refractivity contribution in [2.75, 3.05) is 19.5 Å². The van der Waals surface area contributed by atoms with Crippen molar-refractivity contribution in [3.05, 3.63) is 76.3 Å². The van der Waals surface area contributed by atoms with Gasteiger partial charge in [-0.2, -0.15) is 0 Å². The SMILES string of the molecule is COc1ccc(-c2nc3cc(NC(=S)NC(=O)c4ccc([N+](=O)[O-])cc4)ccc3o2)cc1OC. The first-order valence-electron chi connectivity index (χ1n) is 9.87. The lowest BCUT2D eigenvalue weighted by Crippen LogP contribution is -2.34. The molecule has 0 unspecified atom stereocenters. The van der Waals surface area contributed by atoms with Crippen LogP contribution in [-0.4, -0.2) is 35.1 Å². The summed E-state index contributed by atoms with van der Waals surface area (Å²) in [7, 11) is 3.11. The summed E-state index contributed by atoms with van der Waals surface area (Å²) in [6.45, 7) is 0. The van der Waals surface area contributed by atoms with Crippen molar-refractivity contribution < 1.29 is 23.6 Å². The summed E-state index contributed by atoms with van der Waals surface area (Å²) in [4.78, 5) is 27.1. The van der Waals surface area contributed by atoms with Gasteiger partial charge in [0, 0.05) is 28.9 Å². The molecular weight excluding hydrogens is 460 g/mol. The number of rotatable bonds is 6. The predicted octanol–water partition coefficient (Wildman–Crippen LogP) is 4.55. The molecule has 0 aliphatic carbocycles. The zero-order valence-corrected chi connectivity index (χ0v) is 18.8. The number of thiocarbonyl (C=S) groups is 1. The Morgan fingerprint density at radius 2 is 1.76 bits per heavy atom. The first-order chi connectivity index (χ1) is 16.4. The Morgan fingerprint density at radius 1 is 1.03 bits per heavy atom. The third-order valence-electron chi connectivity index (χ3n) is 4.84. The molecule has 11 heteroatoms. The van der Waals surface area contributed by atoms with Crippen LogP contribution in [0.2, 0.25) is 0 Å². The minimum atomic E-state index is -0.537. The van der Waals surface area contributed by atoms with Gasteiger partial charge in [-0.15, -0.1) is 0 Å². The van der Waals surface area contributed by atoms with Gasteiger partial charge in [0.05, 0.1) is 19.1 Å². The third-order valence-corrected chi connectivity index (χ3v) is 5.05. The Morgan fingerprint density at radius 3 is 2.44 bits per heavy atom. The fourth-order valence-electron chi connectivity index (χ4n) is 3.17. The number of nitrogens with zero attached hydrogens (tertiary/aromatic N) is 2. The van der Waals surface area contributed by atoms with Crippen LogP contribution in [0.4, 0.5) is 11.4 Å². The quantitative estimate of drug-likeness (QED) is 0.233. The number of fused-ring (bicyclic) bond motifs is 1. The van der Waals surface area contributed by atoms with Gasteiger partial charge in [0.15, 0.2) is 22.2 Å². The molecule has 1 aromatic heterocycles. The average molecular weight is 478 g/mol. The van der Waals surface area contributed by atoms with Gasteiger partial charge in [-0.3, -0.25) is 20.2 Å². The molecular formula is C23H18N4O6S. The second-order valence-corrected chi connectivity index (χ2v) is 7.39. The number of oxazole rings is 1. The molecule has 0 radical (unpaired) electrons. The van der Waals surface area contributed by atoms with Gasteiger partial charge in [-0.1, -0.05) is 0 Å². The van der Waals surface area contributed by atoms with Crippen LogP contribution in [-0.2, 0) is 0 Å². The first-order valence-corrected chi connectivity index (χ1v) is 10.3. The second-order valence-electron chi connectivity index (χ2n) is 6.98. The highest BCUT2D eigenvalue weighted by Crippen LogP contribution is 2.33. The molecule has 34 heavy (non-hydrogen) atoms. The molecule has 4 rings (SSSR count). The number of methoxy groups -OCH3 is 2. The highest BCUT2D eigenvalue weighted by molar-refractivity contribution is 7.80. The summed E-state index contributed by atoms with van der Waals surface area (Å²) in [5.41, 5.74) is 2.59. The summed E-state index contributed by atoms with van der Waals surface area (Å²) in [5, 5.41) is 16.3. The lowest BCUT2D eigenvalue weighted by Gasteiger charge is -2.09. The minimum absolute atomic E-state index is 0.0614. The lowest BCUT2D eigenvalue weighted by atomic mass is 10.2. The minimum Gasteiger partial charge on any atom is -0.493 e. The van der Waals surface area contributed by atoms with E-state index >= 15 is 0 Å². The Labute approximate surface area is 198 Å². The zero-order valence-electron chi connectivity index (χ0n) is 18.0. The average Bonchev–Trinajstić information content (AvgIpc) is 3.27. The lowest BCUT2D eigenvalue weighted by molar-refractivity contribution is -0.384. The zero-order chi connectivity index (χ0) is 24.2. The van der Waals surface area contributed by atoms with Gasteiger partial charge in [-0.25, -0.2) is 4.98 Å². The normalized spacial score (nSPS) is 10.5. The Bertz CT molecular complexity index is 1400. The molecule has 3 aromatic carbocycles. The summed E-state index contributed by atoms with van der Waals surface area (Å²) in [6.07, 6.45) is 0. The smallest absolute Gasteiger partial charge is 0.269 e. The van der Waals surface area contributed by atoms with Gasteiger partial charge in [0.25, 0.3) is 11.6 Å². The number of nitro benzene ring substituents is 1. The van der Waals surface area contributed by atoms with Gasteiger partial charge >= 0.3 is 0 Å². The Kier molecular flexibility index (Phi) is 6.37. The molecule has 10 nitrogen and oxygen atoms in total. The van der Waals surface area contributed by atoms with E-state index in [9.17, 15) is 14.9 Å². The highest BCUT2D eigenvalue weighted by atomic mass is 32.1. The summed E-state index contributed by atoms with van der Waals surface area (Å²) < 4.78 is 16.4. The number of nitro groups is 1.